The molecule has 0 amide bonds. The molecule has 0 aromatic heterocycles. The Morgan fingerprint density at radius 3 is 2.33 bits per heavy atom. The molecule has 0 spiro atoms. The van der Waals surface area contributed by atoms with Crippen molar-refractivity contribution in [3.05, 3.63) is 0 Å². The van der Waals surface area contributed by atoms with Gasteiger partial charge >= 0.3 is 5.97 Å². The number of carboxylic acids is 1. The Kier molecular flexibility index (Phi) is 4.43. The van der Waals surface area contributed by atoms with Crippen LogP contribution in [0.5, 0.6) is 0 Å². The second-order valence-electron chi connectivity index (χ2n) is 6.21. The number of nitrogens with zero attached hydrogens (tertiary/aromatic N) is 1. The van der Waals surface area contributed by atoms with Crippen LogP contribution in [0.1, 0.15) is 40.5 Å². The maximum atomic E-state index is 12.2. The van der Waals surface area contributed by atoms with Crippen LogP contribution in [0, 0.1) is 11.3 Å². The molecule has 0 saturated carbocycles. The van der Waals surface area contributed by atoms with Crippen LogP contribution < -0.4 is 0 Å². The summed E-state index contributed by atoms with van der Waals surface area (Å²) in [5, 5.41) is 9.00. The van der Waals surface area contributed by atoms with Gasteiger partial charge in [-0.2, -0.15) is 4.31 Å². The van der Waals surface area contributed by atoms with Gasteiger partial charge in [-0.25, -0.2) is 8.42 Å². The highest BCUT2D eigenvalue weighted by atomic mass is 32.2. The summed E-state index contributed by atoms with van der Waals surface area (Å²) >= 11 is 0. The van der Waals surface area contributed by atoms with Crippen molar-refractivity contribution in [1.82, 2.24) is 4.31 Å². The lowest BCUT2D eigenvalue weighted by Gasteiger charge is -2.25. The second kappa shape index (κ2) is 5.17. The van der Waals surface area contributed by atoms with Crippen molar-refractivity contribution < 1.29 is 18.3 Å². The van der Waals surface area contributed by atoms with Crippen LogP contribution in [-0.2, 0) is 14.8 Å². The van der Waals surface area contributed by atoms with Crippen LogP contribution >= 0.6 is 0 Å². The van der Waals surface area contributed by atoms with E-state index >= 15 is 0 Å². The average Bonchev–Trinajstić information content (AvgIpc) is 2.57. The van der Waals surface area contributed by atoms with E-state index in [0.717, 1.165) is 0 Å². The van der Waals surface area contributed by atoms with Crippen molar-refractivity contribution in [3.63, 3.8) is 0 Å². The van der Waals surface area contributed by atoms with Crippen LogP contribution in [0.4, 0.5) is 0 Å². The Hall–Kier alpha value is -0.620. The molecule has 5 nitrogen and oxygen atoms in total. The smallest absolute Gasteiger partial charge is 0.308 e. The Morgan fingerprint density at radius 1 is 1.39 bits per heavy atom. The summed E-state index contributed by atoms with van der Waals surface area (Å²) in [6.07, 6.45) is 0.988. The van der Waals surface area contributed by atoms with Gasteiger partial charge < -0.3 is 5.11 Å². The fourth-order valence-electron chi connectivity index (χ4n) is 2.19. The van der Waals surface area contributed by atoms with Crippen LogP contribution in [0.25, 0.3) is 0 Å². The molecule has 18 heavy (non-hydrogen) atoms. The molecule has 1 heterocycles. The number of hydrogen-bond acceptors (Lipinski definition) is 3. The molecule has 6 heteroatoms. The summed E-state index contributed by atoms with van der Waals surface area (Å²) in [5.41, 5.74) is -0.0395. The summed E-state index contributed by atoms with van der Waals surface area (Å²) in [6.45, 7) is 7.99. The molecule has 0 aliphatic carbocycles. The Morgan fingerprint density at radius 2 is 1.94 bits per heavy atom. The van der Waals surface area contributed by atoms with Gasteiger partial charge in [0, 0.05) is 12.6 Å². The summed E-state index contributed by atoms with van der Waals surface area (Å²) in [6, 6.07) is -0.438. The zero-order chi connectivity index (χ0) is 14.1. The molecular weight excluding hydrogens is 254 g/mol. The number of aliphatic carboxylic acids is 1. The highest BCUT2D eigenvalue weighted by Crippen LogP contribution is 2.29. The van der Waals surface area contributed by atoms with E-state index in [9.17, 15) is 13.2 Å². The third-order valence-electron chi connectivity index (χ3n) is 3.48. The van der Waals surface area contributed by atoms with Gasteiger partial charge in [0.1, 0.15) is 0 Å². The van der Waals surface area contributed by atoms with Crippen LogP contribution in [0.15, 0.2) is 0 Å². The first-order valence-electron chi connectivity index (χ1n) is 6.27. The molecule has 106 valence electrons. The molecule has 0 radical (unpaired) electrons. The Balaban J connectivity index is 2.73. The van der Waals surface area contributed by atoms with E-state index in [1.807, 2.05) is 20.8 Å². The zero-order valence-electron chi connectivity index (χ0n) is 11.5. The molecule has 0 aromatic carbocycles. The lowest BCUT2D eigenvalue weighted by Crippen LogP contribution is -2.39. The van der Waals surface area contributed by atoms with Crippen molar-refractivity contribution in [3.8, 4) is 0 Å². The lowest BCUT2D eigenvalue weighted by molar-refractivity contribution is -0.142. The van der Waals surface area contributed by atoms with E-state index in [1.165, 1.54) is 4.31 Å². The van der Waals surface area contributed by atoms with Crippen molar-refractivity contribution in [2.24, 2.45) is 11.3 Å². The first-order chi connectivity index (χ1) is 8.04. The standard InChI is InChI=1S/C12H23NO4S/c1-9-10(11(14)15)5-7-13(9)18(16,17)8-6-12(2,3)4/h9-10H,5-8H2,1-4H3,(H,14,15). The number of rotatable bonds is 4. The van der Waals surface area contributed by atoms with Gasteiger partial charge in [0.15, 0.2) is 0 Å². The second-order valence-corrected chi connectivity index (χ2v) is 8.25. The number of carbonyl (C=O) groups is 1. The Bertz CT molecular complexity index is 410. The minimum Gasteiger partial charge on any atom is -0.481 e. The molecular formula is C12H23NO4S. The maximum Gasteiger partial charge on any atom is 0.308 e. The monoisotopic (exact) mass is 277 g/mol. The lowest BCUT2D eigenvalue weighted by atomic mass is 9.94. The molecule has 1 aliphatic rings. The summed E-state index contributed by atoms with van der Waals surface area (Å²) < 4.78 is 25.7. The number of carboxylic acid groups (broad SMARTS) is 1. The van der Waals surface area contributed by atoms with Crippen LogP contribution in [-0.4, -0.2) is 42.1 Å². The van der Waals surface area contributed by atoms with E-state index < -0.39 is 28.0 Å². The van der Waals surface area contributed by atoms with Gasteiger partial charge in [-0.15, -0.1) is 0 Å². The van der Waals surface area contributed by atoms with Crippen LogP contribution in [0.2, 0.25) is 0 Å². The fraction of sp³-hybridized carbons (Fsp3) is 0.917. The molecule has 1 saturated heterocycles. The van der Waals surface area contributed by atoms with Gasteiger partial charge in [-0.1, -0.05) is 20.8 Å². The molecule has 0 bridgehead atoms. The third-order valence-corrected chi connectivity index (χ3v) is 5.43. The molecule has 2 atom stereocenters. The molecule has 2 unspecified atom stereocenters. The first-order valence-corrected chi connectivity index (χ1v) is 7.88. The van der Waals surface area contributed by atoms with Crippen LogP contribution in [0.3, 0.4) is 0 Å². The van der Waals surface area contributed by atoms with Gasteiger partial charge in [-0.3, -0.25) is 4.79 Å². The largest absolute Gasteiger partial charge is 0.481 e. The zero-order valence-corrected chi connectivity index (χ0v) is 12.3. The van der Waals surface area contributed by atoms with Crippen molar-refractivity contribution in [1.29, 1.82) is 0 Å². The molecule has 1 rings (SSSR count). The van der Waals surface area contributed by atoms with Crippen molar-refractivity contribution in [2.45, 2.75) is 46.6 Å². The quantitative estimate of drug-likeness (QED) is 0.846. The SMILES string of the molecule is CC1C(C(=O)O)CCN1S(=O)(=O)CCC(C)(C)C. The van der Waals surface area contributed by atoms with Gasteiger partial charge in [-0.05, 0) is 25.2 Å². The average molecular weight is 277 g/mol. The van der Waals surface area contributed by atoms with Crippen molar-refractivity contribution in [2.75, 3.05) is 12.3 Å². The fourth-order valence-corrected chi connectivity index (χ4v) is 4.33. The van der Waals surface area contributed by atoms with Gasteiger partial charge in [0.2, 0.25) is 10.0 Å². The molecule has 1 fully saturated rings. The third kappa shape index (κ3) is 3.68. The Labute approximate surface area is 109 Å². The van der Waals surface area contributed by atoms with Gasteiger partial charge in [0.25, 0.3) is 0 Å². The molecule has 1 N–H and O–H groups in total. The first kappa shape index (κ1) is 15.4. The van der Waals surface area contributed by atoms with E-state index in [-0.39, 0.29) is 11.2 Å². The molecule has 0 aromatic rings. The number of hydrogen-bond donors (Lipinski definition) is 1. The minimum atomic E-state index is -3.34. The minimum absolute atomic E-state index is 0.0395. The van der Waals surface area contributed by atoms with E-state index in [2.05, 4.69) is 0 Å². The predicted octanol–water partition coefficient (Wildman–Crippen LogP) is 1.55. The van der Waals surface area contributed by atoms with E-state index in [1.54, 1.807) is 6.92 Å². The molecule has 1 aliphatic heterocycles. The topological polar surface area (TPSA) is 74.7 Å². The normalized spacial score (nSPS) is 26.4. The summed E-state index contributed by atoms with van der Waals surface area (Å²) in [5.74, 6) is -1.39. The van der Waals surface area contributed by atoms with E-state index in [4.69, 9.17) is 5.11 Å². The summed E-state index contributed by atoms with van der Waals surface area (Å²) in [4.78, 5) is 11.0. The van der Waals surface area contributed by atoms with E-state index in [0.29, 0.717) is 19.4 Å². The van der Waals surface area contributed by atoms with Gasteiger partial charge in [0.05, 0.1) is 11.7 Å². The highest BCUT2D eigenvalue weighted by molar-refractivity contribution is 7.89. The van der Waals surface area contributed by atoms with Crippen molar-refractivity contribution >= 4 is 16.0 Å². The maximum absolute atomic E-state index is 12.2. The summed E-state index contributed by atoms with van der Waals surface area (Å²) in [7, 11) is -3.34. The highest BCUT2D eigenvalue weighted by Gasteiger charge is 2.41. The predicted molar refractivity (Wildman–Crippen MR) is 69.8 cm³/mol. The number of sulfonamides is 1.